The van der Waals surface area contributed by atoms with E-state index in [1.807, 2.05) is 0 Å². The molecule has 0 amide bonds. The SMILES string of the molecule is CCS(=O)(=O)C(C)(C)C(=O)O. The second kappa shape index (κ2) is 2.81. The summed E-state index contributed by atoms with van der Waals surface area (Å²) in [4.78, 5) is 10.4. The molecular formula is C6H12O4S. The third-order valence-corrected chi connectivity index (χ3v) is 4.16. The Kier molecular flexibility index (Phi) is 2.66. The summed E-state index contributed by atoms with van der Waals surface area (Å²) in [6.45, 7) is 3.81. The summed E-state index contributed by atoms with van der Waals surface area (Å²) in [6, 6.07) is 0. The fourth-order valence-corrected chi connectivity index (χ4v) is 1.48. The van der Waals surface area contributed by atoms with E-state index in [1.165, 1.54) is 20.8 Å². The van der Waals surface area contributed by atoms with Crippen LogP contribution < -0.4 is 0 Å². The number of hydrogen-bond donors (Lipinski definition) is 1. The Balaban J connectivity index is 5.01. The van der Waals surface area contributed by atoms with Gasteiger partial charge in [0.1, 0.15) is 0 Å². The molecule has 0 rings (SSSR count). The maximum absolute atomic E-state index is 11.1. The van der Waals surface area contributed by atoms with Crippen molar-refractivity contribution in [2.24, 2.45) is 0 Å². The third kappa shape index (κ3) is 1.71. The van der Waals surface area contributed by atoms with Gasteiger partial charge < -0.3 is 5.11 Å². The Morgan fingerprint density at radius 2 is 1.82 bits per heavy atom. The van der Waals surface area contributed by atoms with Crippen LogP contribution in [0.2, 0.25) is 0 Å². The van der Waals surface area contributed by atoms with Crippen LogP contribution in [0.25, 0.3) is 0 Å². The Bertz CT molecular complexity index is 250. The van der Waals surface area contributed by atoms with Crippen molar-refractivity contribution in [3.8, 4) is 0 Å². The second-order valence-electron chi connectivity index (χ2n) is 2.72. The van der Waals surface area contributed by atoms with Crippen LogP contribution in [0.5, 0.6) is 0 Å². The molecule has 0 spiro atoms. The number of aliphatic carboxylic acids is 1. The molecule has 4 nitrogen and oxygen atoms in total. The van der Waals surface area contributed by atoms with E-state index in [9.17, 15) is 13.2 Å². The zero-order valence-corrected chi connectivity index (χ0v) is 7.60. The number of hydrogen-bond acceptors (Lipinski definition) is 3. The van der Waals surface area contributed by atoms with Gasteiger partial charge in [0.05, 0.1) is 0 Å². The maximum Gasteiger partial charge on any atom is 0.324 e. The number of carbonyl (C=O) groups is 1. The summed E-state index contributed by atoms with van der Waals surface area (Å²) in [5, 5.41) is 8.53. The third-order valence-electron chi connectivity index (χ3n) is 1.67. The van der Waals surface area contributed by atoms with E-state index >= 15 is 0 Å². The van der Waals surface area contributed by atoms with Crippen LogP contribution in [0.3, 0.4) is 0 Å². The summed E-state index contributed by atoms with van der Waals surface area (Å²) in [6.07, 6.45) is 0. The first kappa shape index (κ1) is 10.4. The molecule has 0 aliphatic heterocycles. The molecule has 0 aromatic carbocycles. The molecule has 0 radical (unpaired) electrons. The van der Waals surface area contributed by atoms with E-state index in [0.29, 0.717) is 0 Å². The summed E-state index contributed by atoms with van der Waals surface area (Å²) >= 11 is 0. The maximum atomic E-state index is 11.1. The summed E-state index contributed by atoms with van der Waals surface area (Å²) in [7, 11) is -3.50. The van der Waals surface area contributed by atoms with E-state index in [0.717, 1.165) is 0 Å². The molecule has 0 fully saturated rings. The fraction of sp³-hybridized carbons (Fsp3) is 0.833. The number of sulfone groups is 1. The molecular weight excluding hydrogens is 168 g/mol. The van der Waals surface area contributed by atoms with E-state index in [2.05, 4.69) is 0 Å². The van der Waals surface area contributed by atoms with Crippen LogP contribution in [-0.4, -0.2) is 30.0 Å². The standard InChI is InChI=1S/C6H12O4S/c1-4-11(9,10)6(2,3)5(7)8/h4H2,1-3H3,(H,7,8). The molecule has 0 bridgehead atoms. The first-order valence-electron chi connectivity index (χ1n) is 3.21. The lowest BCUT2D eigenvalue weighted by Gasteiger charge is -2.17. The molecule has 0 unspecified atom stereocenters. The highest BCUT2D eigenvalue weighted by molar-refractivity contribution is 7.93. The average Bonchev–Trinajstić information content (AvgIpc) is 1.87. The molecule has 0 aromatic rings. The zero-order valence-electron chi connectivity index (χ0n) is 6.79. The quantitative estimate of drug-likeness (QED) is 0.677. The zero-order chi connectivity index (χ0) is 9.28. The molecule has 0 heterocycles. The largest absolute Gasteiger partial charge is 0.480 e. The molecule has 0 aromatic heterocycles. The smallest absolute Gasteiger partial charge is 0.324 e. The van der Waals surface area contributed by atoms with Gasteiger partial charge in [-0.15, -0.1) is 0 Å². The normalized spacial score (nSPS) is 13.0. The molecule has 0 saturated carbocycles. The molecule has 11 heavy (non-hydrogen) atoms. The lowest BCUT2D eigenvalue weighted by Crippen LogP contribution is -2.41. The van der Waals surface area contributed by atoms with E-state index in [4.69, 9.17) is 5.11 Å². The first-order valence-corrected chi connectivity index (χ1v) is 4.86. The highest BCUT2D eigenvalue weighted by Crippen LogP contribution is 2.16. The Hall–Kier alpha value is -0.580. The minimum Gasteiger partial charge on any atom is -0.480 e. The van der Waals surface area contributed by atoms with Crippen molar-refractivity contribution in [1.29, 1.82) is 0 Å². The Morgan fingerprint density at radius 3 is 1.91 bits per heavy atom. The van der Waals surface area contributed by atoms with Crippen LogP contribution in [0.1, 0.15) is 20.8 Å². The Morgan fingerprint density at radius 1 is 1.45 bits per heavy atom. The fourth-order valence-electron chi connectivity index (χ4n) is 0.494. The van der Waals surface area contributed by atoms with Crippen molar-refractivity contribution in [1.82, 2.24) is 0 Å². The molecule has 0 saturated heterocycles. The number of carboxylic acid groups (broad SMARTS) is 1. The monoisotopic (exact) mass is 180 g/mol. The van der Waals surface area contributed by atoms with Crippen molar-refractivity contribution >= 4 is 15.8 Å². The van der Waals surface area contributed by atoms with Crippen molar-refractivity contribution in [2.45, 2.75) is 25.5 Å². The molecule has 0 atom stereocenters. The minimum absolute atomic E-state index is 0.147. The van der Waals surface area contributed by atoms with Crippen LogP contribution in [0.4, 0.5) is 0 Å². The molecule has 0 aliphatic rings. The number of rotatable bonds is 3. The van der Waals surface area contributed by atoms with Crippen LogP contribution in [-0.2, 0) is 14.6 Å². The molecule has 1 N–H and O–H groups in total. The van der Waals surface area contributed by atoms with Gasteiger partial charge in [-0.1, -0.05) is 6.92 Å². The van der Waals surface area contributed by atoms with Gasteiger partial charge in [-0.3, -0.25) is 4.79 Å². The van der Waals surface area contributed by atoms with Crippen molar-refractivity contribution in [2.75, 3.05) is 5.75 Å². The van der Waals surface area contributed by atoms with Crippen molar-refractivity contribution in [3.63, 3.8) is 0 Å². The predicted molar refractivity (Wildman–Crippen MR) is 41.2 cm³/mol. The van der Waals surface area contributed by atoms with E-state index in [1.54, 1.807) is 0 Å². The van der Waals surface area contributed by atoms with Crippen LogP contribution in [0, 0.1) is 0 Å². The van der Waals surface area contributed by atoms with Gasteiger partial charge in [-0.2, -0.15) is 0 Å². The average molecular weight is 180 g/mol. The van der Waals surface area contributed by atoms with Gasteiger partial charge in [0.25, 0.3) is 0 Å². The van der Waals surface area contributed by atoms with E-state index < -0.39 is 20.6 Å². The lowest BCUT2D eigenvalue weighted by molar-refractivity contribution is -0.139. The van der Waals surface area contributed by atoms with E-state index in [-0.39, 0.29) is 5.75 Å². The van der Waals surface area contributed by atoms with Gasteiger partial charge in [0.2, 0.25) is 0 Å². The Labute approximate surface area is 66.1 Å². The second-order valence-corrected chi connectivity index (χ2v) is 5.55. The molecule has 5 heteroatoms. The summed E-state index contributed by atoms with van der Waals surface area (Å²) in [5.74, 6) is -1.45. The van der Waals surface area contributed by atoms with Gasteiger partial charge >= 0.3 is 5.97 Å². The highest BCUT2D eigenvalue weighted by Gasteiger charge is 2.40. The predicted octanol–water partition coefficient (Wildman–Crippen LogP) is 0.284. The molecule has 66 valence electrons. The lowest BCUT2D eigenvalue weighted by atomic mass is 10.2. The minimum atomic E-state index is -3.50. The van der Waals surface area contributed by atoms with Crippen molar-refractivity contribution < 1.29 is 18.3 Å². The van der Waals surface area contributed by atoms with Gasteiger partial charge in [0, 0.05) is 5.75 Å². The molecule has 0 aliphatic carbocycles. The summed E-state index contributed by atoms with van der Waals surface area (Å²) in [5.41, 5.74) is 0. The first-order chi connectivity index (χ1) is 4.75. The number of carboxylic acids is 1. The van der Waals surface area contributed by atoms with Crippen molar-refractivity contribution in [3.05, 3.63) is 0 Å². The highest BCUT2D eigenvalue weighted by atomic mass is 32.2. The van der Waals surface area contributed by atoms with Gasteiger partial charge in [-0.05, 0) is 13.8 Å². The van der Waals surface area contributed by atoms with Gasteiger partial charge in [-0.25, -0.2) is 8.42 Å². The van der Waals surface area contributed by atoms with Crippen LogP contribution >= 0.6 is 0 Å². The van der Waals surface area contributed by atoms with Crippen LogP contribution in [0.15, 0.2) is 0 Å². The topological polar surface area (TPSA) is 71.4 Å². The van der Waals surface area contributed by atoms with Gasteiger partial charge in [0.15, 0.2) is 14.6 Å². The summed E-state index contributed by atoms with van der Waals surface area (Å²) < 4.78 is 20.5.